The highest BCUT2D eigenvalue weighted by Gasteiger charge is 2.35. The molecule has 0 unspecified atom stereocenters. The molecule has 2 aromatic carbocycles. The number of aromatic nitrogens is 1. The number of nitrogens with zero attached hydrogens (tertiary/aromatic N) is 1. The lowest BCUT2D eigenvalue weighted by Gasteiger charge is -2.11. The first-order valence-electron chi connectivity index (χ1n) is 8.73. The summed E-state index contributed by atoms with van der Waals surface area (Å²) < 4.78 is 77.3. The summed E-state index contributed by atoms with van der Waals surface area (Å²) in [6.45, 7) is 0.220. The van der Waals surface area contributed by atoms with Gasteiger partial charge in [0.2, 0.25) is 9.84 Å². The van der Waals surface area contributed by atoms with Crippen LogP contribution in [0.25, 0.3) is 0 Å². The first kappa shape index (κ1) is 22.2. The van der Waals surface area contributed by atoms with Crippen LogP contribution in [0.15, 0.2) is 76.8 Å². The minimum Gasteiger partial charge on any atom is -0.334 e. The Morgan fingerprint density at radius 1 is 1.00 bits per heavy atom. The van der Waals surface area contributed by atoms with E-state index < -0.39 is 38.3 Å². The average Bonchev–Trinajstić information content (AvgIpc) is 2.73. The van der Waals surface area contributed by atoms with Crippen molar-refractivity contribution in [3.63, 3.8) is 0 Å². The minimum absolute atomic E-state index is 0.220. The molecule has 31 heavy (non-hydrogen) atoms. The van der Waals surface area contributed by atoms with Gasteiger partial charge < -0.3 is 10.6 Å². The standard InChI is InChI=1S/C20H15F4N3O3S/c21-18-8-7-16(10-17(18)20(22,23)24)31(29,30)15-5-3-14(4-6-15)27-19(28)26-12-13-2-1-9-25-11-13/h1-11H,12H2,(H2,26,27,28). The molecular weight excluding hydrogens is 438 g/mol. The molecule has 162 valence electrons. The molecule has 0 aliphatic rings. The zero-order valence-electron chi connectivity index (χ0n) is 15.7. The minimum atomic E-state index is -5.04. The van der Waals surface area contributed by atoms with E-state index in [4.69, 9.17) is 0 Å². The number of nitrogens with one attached hydrogen (secondary N) is 2. The Bertz CT molecular complexity index is 1180. The summed E-state index contributed by atoms with van der Waals surface area (Å²) >= 11 is 0. The number of hydrogen-bond acceptors (Lipinski definition) is 4. The van der Waals surface area contributed by atoms with E-state index in [-0.39, 0.29) is 23.2 Å². The fraction of sp³-hybridized carbons (Fsp3) is 0.100. The van der Waals surface area contributed by atoms with Crippen LogP contribution in [0, 0.1) is 5.82 Å². The van der Waals surface area contributed by atoms with Crippen LogP contribution in [0.5, 0.6) is 0 Å². The highest BCUT2D eigenvalue weighted by molar-refractivity contribution is 7.91. The lowest BCUT2D eigenvalue weighted by molar-refractivity contribution is -0.140. The molecule has 2 amide bonds. The highest BCUT2D eigenvalue weighted by atomic mass is 32.2. The molecule has 11 heteroatoms. The monoisotopic (exact) mass is 453 g/mol. The lowest BCUT2D eigenvalue weighted by Crippen LogP contribution is -2.28. The van der Waals surface area contributed by atoms with Gasteiger partial charge in [-0.15, -0.1) is 0 Å². The zero-order valence-corrected chi connectivity index (χ0v) is 16.5. The van der Waals surface area contributed by atoms with Gasteiger partial charge in [0.05, 0.1) is 15.4 Å². The Hall–Kier alpha value is -3.47. The van der Waals surface area contributed by atoms with Gasteiger partial charge in [-0.05, 0) is 54.1 Å². The number of alkyl halides is 3. The number of carbonyl (C=O) groups is 1. The fourth-order valence-electron chi connectivity index (χ4n) is 2.60. The third-order valence-corrected chi connectivity index (χ3v) is 5.92. The Morgan fingerprint density at radius 3 is 2.29 bits per heavy atom. The molecule has 0 fully saturated rings. The molecule has 1 heterocycles. The van der Waals surface area contributed by atoms with Crippen LogP contribution in [0.2, 0.25) is 0 Å². The van der Waals surface area contributed by atoms with Crippen LogP contribution in [0.1, 0.15) is 11.1 Å². The lowest BCUT2D eigenvalue weighted by atomic mass is 10.2. The van der Waals surface area contributed by atoms with E-state index in [0.717, 1.165) is 23.8 Å². The summed E-state index contributed by atoms with van der Waals surface area (Å²) in [5, 5.41) is 5.10. The van der Waals surface area contributed by atoms with E-state index in [9.17, 15) is 30.8 Å². The number of halogens is 4. The maximum Gasteiger partial charge on any atom is 0.419 e. The molecule has 0 atom stereocenters. The Morgan fingerprint density at radius 2 is 1.68 bits per heavy atom. The van der Waals surface area contributed by atoms with Crippen molar-refractivity contribution in [3.05, 3.63) is 83.9 Å². The van der Waals surface area contributed by atoms with E-state index in [1.165, 1.54) is 12.1 Å². The number of pyridine rings is 1. The first-order valence-corrected chi connectivity index (χ1v) is 10.2. The zero-order chi connectivity index (χ0) is 22.6. The van der Waals surface area contributed by atoms with Crippen LogP contribution in [0.3, 0.4) is 0 Å². The summed E-state index contributed by atoms with van der Waals surface area (Å²) in [5.41, 5.74) is -0.633. The van der Waals surface area contributed by atoms with Crippen LogP contribution >= 0.6 is 0 Å². The van der Waals surface area contributed by atoms with Gasteiger partial charge in [-0.3, -0.25) is 4.98 Å². The average molecular weight is 453 g/mol. The SMILES string of the molecule is O=C(NCc1cccnc1)Nc1ccc(S(=O)(=O)c2ccc(F)c(C(F)(F)F)c2)cc1. The molecular formula is C20H15F4N3O3S. The molecule has 6 nitrogen and oxygen atoms in total. The van der Waals surface area contributed by atoms with Gasteiger partial charge in [0.25, 0.3) is 0 Å². The third-order valence-electron chi connectivity index (χ3n) is 4.15. The predicted octanol–water partition coefficient (Wildman–Crippen LogP) is 4.39. The van der Waals surface area contributed by atoms with Crippen LogP contribution in [0.4, 0.5) is 28.0 Å². The van der Waals surface area contributed by atoms with Gasteiger partial charge in [-0.1, -0.05) is 6.07 Å². The quantitative estimate of drug-likeness (QED) is 0.443. The largest absolute Gasteiger partial charge is 0.419 e. The molecule has 0 saturated heterocycles. The second kappa shape index (κ2) is 8.72. The van der Waals surface area contributed by atoms with E-state index in [2.05, 4.69) is 15.6 Å². The molecule has 0 spiro atoms. The smallest absolute Gasteiger partial charge is 0.334 e. The van der Waals surface area contributed by atoms with E-state index in [1.807, 2.05) is 0 Å². The highest BCUT2D eigenvalue weighted by Crippen LogP contribution is 2.34. The summed E-state index contributed by atoms with van der Waals surface area (Å²) in [6, 6.07) is 9.23. The van der Waals surface area contributed by atoms with Crippen molar-refractivity contribution in [2.24, 2.45) is 0 Å². The van der Waals surface area contributed by atoms with Gasteiger partial charge >= 0.3 is 12.2 Å². The Kier molecular flexibility index (Phi) is 6.25. The van der Waals surface area contributed by atoms with Gasteiger partial charge in [0.1, 0.15) is 5.82 Å². The molecule has 0 bridgehead atoms. The van der Waals surface area contributed by atoms with Gasteiger partial charge in [-0.25, -0.2) is 17.6 Å². The first-order chi connectivity index (χ1) is 14.6. The normalized spacial score (nSPS) is 11.7. The van der Waals surface area contributed by atoms with Gasteiger partial charge in [0, 0.05) is 24.6 Å². The molecule has 1 aromatic heterocycles. The van der Waals surface area contributed by atoms with Gasteiger partial charge in [-0.2, -0.15) is 13.2 Å². The molecule has 0 aliphatic heterocycles. The number of rotatable bonds is 5. The number of amides is 2. The number of sulfone groups is 1. The van der Waals surface area contributed by atoms with Gasteiger partial charge in [0.15, 0.2) is 0 Å². The summed E-state index contributed by atoms with van der Waals surface area (Å²) in [5.74, 6) is -1.57. The van der Waals surface area contributed by atoms with Crippen molar-refractivity contribution in [3.8, 4) is 0 Å². The number of hydrogen-bond donors (Lipinski definition) is 2. The summed E-state index contributed by atoms with van der Waals surface area (Å²) in [6.07, 6.45) is -1.86. The third kappa shape index (κ3) is 5.37. The second-order valence-corrected chi connectivity index (χ2v) is 8.29. The van der Waals surface area contributed by atoms with Crippen molar-refractivity contribution < 1.29 is 30.8 Å². The van der Waals surface area contributed by atoms with Crippen molar-refractivity contribution in [2.75, 3.05) is 5.32 Å². The van der Waals surface area contributed by atoms with E-state index >= 15 is 0 Å². The molecule has 3 rings (SSSR count). The van der Waals surface area contributed by atoms with E-state index in [1.54, 1.807) is 24.5 Å². The molecule has 2 N–H and O–H groups in total. The Balaban J connectivity index is 1.72. The molecule has 0 saturated carbocycles. The number of benzene rings is 2. The van der Waals surface area contributed by atoms with E-state index in [0.29, 0.717) is 6.07 Å². The number of carbonyl (C=O) groups excluding carboxylic acids is 1. The maximum absolute atomic E-state index is 13.4. The van der Waals surface area contributed by atoms with Crippen LogP contribution < -0.4 is 10.6 Å². The van der Waals surface area contributed by atoms with Crippen molar-refractivity contribution in [2.45, 2.75) is 22.5 Å². The van der Waals surface area contributed by atoms with Crippen molar-refractivity contribution >= 4 is 21.6 Å². The van der Waals surface area contributed by atoms with Crippen molar-refractivity contribution in [1.82, 2.24) is 10.3 Å². The fourth-order valence-corrected chi connectivity index (χ4v) is 3.89. The Labute approximate surface area is 174 Å². The number of urea groups is 1. The number of anilines is 1. The molecule has 0 radical (unpaired) electrons. The second-order valence-electron chi connectivity index (χ2n) is 6.34. The van der Waals surface area contributed by atoms with Crippen LogP contribution in [-0.4, -0.2) is 19.4 Å². The summed E-state index contributed by atoms with van der Waals surface area (Å²) in [4.78, 5) is 14.9. The predicted molar refractivity (Wildman–Crippen MR) is 103 cm³/mol. The van der Waals surface area contributed by atoms with Crippen molar-refractivity contribution in [1.29, 1.82) is 0 Å². The molecule has 0 aliphatic carbocycles. The topological polar surface area (TPSA) is 88.2 Å². The van der Waals surface area contributed by atoms with Crippen LogP contribution in [-0.2, 0) is 22.6 Å². The molecule has 3 aromatic rings. The maximum atomic E-state index is 13.4. The summed E-state index contributed by atoms with van der Waals surface area (Å²) in [7, 11) is -4.33.